The van der Waals surface area contributed by atoms with Crippen LogP contribution in [0.5, 0.6) is 5.75 Å². The number of rotatable bonds is 2. The largest absolute Gasteiger partial charge is 0.496 e. The third kappa shape index (κ3) is 2.24. The number of ether oxygens (including phenoxy) is 1. The monoisotopic (exact) mass is 281 g/mol. The second-order valence-corrected chi connectivity index (χ2v) is 6.20. The highest BCUT2D eigenvalue weighted by atomic mass is 16.5. The fourth-order valence-corrected chi connectivity index (χ4v) is 3.52. The number of hydrogen-bond acceptors (Lipinski definition) is 2. The highest BCUT2D eigenvalue weighted by Crippen LogP contribution is 2.46. The number of benzene rings is 2. The molecule has 2 heteroatoms. The molecule has 1 aliphatic rings. The molecule has 2 aromatic rings. The van der Waals surface area contributed by atoms with Gasteiger partial charge in [0.25, 0.3) is 0 Å². The maximum atomic E-state index is 6.92. The molecule has 0 bridgehead atoms. The lowest BCUT2D eigenvalue weighted by Crippen LogP contribution is -2.42. The summed E-state index contributed by atoms with van der Waals surface area (Å²) in [6.07, 6.45) is 2.05. The first-order valence-corrected chi connectivity index (χ1v) is 7.59. The van der Waals surface area contributed by atoms with Crippen molar-refractivity contribution < 1.29 is 4.74 Å². The molecule has 2 N–H and O–H groups in total. The van der Waals surface area contributed by atoms with Crippen LogP contribution in [-0.2, 0) is 5.54 Å². The van der Waals surface area contributed by atoms with Gasteiger partial charge in [0.15, 0.2) is 0 Å². The van der Waals surface area contributed by atoms with E-state index >= 15 is 0 Å². The third-order valence-corrected chi connectivity index (χ3v) is 4.78. The van der Waals surface area contributed by atoms with Gasteiger partial charge in [0.1, 0.15) is 5.75 Å². The summed E-state index contributed by atoms with van der Waals surface area (Å²) in [5.74, 6) is 1.45. The Morgan fingerprint density at radius 1 is 1.14 bits per heavy atom. The van der Waals surface area contributed by atoms with Crippen molar-refractivity contribution in [2.24, 2.45) is 5.73 Å². The number of fused-ring (bicyclic) bond motifs is 1. The Labute approximate surface area is 126 Å². The Bertz CT molecular complexity index is 664. The molecule has 21 heavy (non-hydrogen) atoms. The molecule has 2 unspecified atom stereocenters. The van der Waals surface area contributed by atoms with Crippen molar-refractivity contribution in [3.8, 4) is 5.75 Å². The van der Waals surface area contributed by atoms with E-state index < -0.39 is 5.54 Å². The normalized spacial score (nSPS) is 24.5. The number of aryl methyl sites for hydroxylation is 1. The number of hydrogen-bond donors (Lipinski definition) is 1. The van der Waals surface area contributed by atoms with E-state index in [0.717, 1.165) is 24.2 Å². The number of methoxy groups -OCH3 is 1. The fraction of sp³-hybridized carbons (Fsp3) is 0.368. The first-order valence-electron chi connectivity index (χ1n) is 7.59. The van der Waals surface area contributed by atoms with Crippen molar-refractivity contribution in [3.05, 3.63) is 64.7 Å². The van der Waals surface area contributed by atoms with Gasteiger partial charge in [0.05, 0.1) is 12.6 Å². The minimum absolute atomic E-state index is 0.458. The second-order valence-electron chi connectivity index (χ2n) is 6.20. The molecule has 0 heterocycles. The maximum absolute atomic E-state index is 6.92. The summed E-state index contributed by atoms with van der Waals surface area (Å²) in [5, 5.41) is 0. The molecule has 0 saturated carbocycles. The van der Waals surface area contributed by atoms with Gasteiger partial charge in [-0.05, 0) is 42.9 Å². The lowest BCUT2D eigenvalue weighted by atomic mass is 9.69. The quantitative estimate of drug-likeness (QED) is 0.899. The Balaban J connectivity index is 2.22. The molecule has 2 nitrogen and oxygen atoms in total. The van der Waals surface area contributed by atoms with Gasteiger partial charge in [0.2, 0.25) is 0 Å². The first-order chi connectivity index (χ1) is 10.1. The summed E-state index contributed by atoms with van der Waals surface area (Å²) in [5.41, 5.74) is 11.4. The first kappa shape index (κ1) is 14.2. The smallest absolute Gasteiger partial charge is 0.124 e. The van der Waals surface area contributed by atoms with Gasteiger partial charge in [-0.25, -0.2) is 0 Å². The molecule has 2 atom stereocenters. The molecule has 2 aromatic carbocycles. The van der Waals surface area contributed by atoms with Crippen molar-refractivity contribution in [2.45, 2.75) is 38.1 Å². The predicted octanol–water partition coefficient (Wildman–Crippen LogP) is 4.10. The minimum atomic E-state index is -0.458. The van der Waals surface area contributed by atoms with Crippen LogP contribution in [0.1, 0.15) is 47.9 Å². The fourth-order valence-electron chi connectivity index (χ4n) is 3.52. The van der Waals surface area contributed by atoms with Crippen LogP contribution < -0.4 is 10.5 Å². The van der Waals surface area contributed by atoms with Crippen molar-refractivity contribution in [3.63, 3.8) is 0 Å². The van der Waals surface area contributed by atoms with E-state index in [4.69, 9.17) is 10.5 Å². The van der Waals surface area contributed by atoms with Gasteiger partial charge >= 0.3 is 0 Å². The van der Waals surface area contributed by atoms with Gasteiger partial charge in [-0.1, -0.05) is 48.9 Å². The second kappa shape index (κ2) is 5.19. The summed E-state index contributed by atoms with van der Waals surface area (Å²) in [6, 6.07) is 14.8. The van der Waals surface area contributed by atoms with E-state index in [1.165, 1.54) is 16.7 Å². The average Bonchev–Trinajstić information content (AvgIpc) is 2.51. The van der Waals surface area contributed by atoms with Crippen molar-refractivity contribution in [1.82, 2.24) is 0 Å². The Kier molecular flexibility index (Phi) is 3.50. The van der Waals surface area contributed by atoms with Crippen LogP contribution in [0.25, 0.3) is 0 Å². The third-order valence-electron chi connectivity index (χ3n) is 4.78. The molecule has 110 valence electrons. The molecule has 0 fully saturated rings. The molecule has 0 aliphatic heterocycles. The zero-order chi connectivity index (χ0) is 15.0. The van der Waals surface area contributed by atoms with E-state index in [-0.39, 0.29) is 0 Å². The van der Waals surface area contributed by atoms with Crippen LogP contribution in [0.4, 0.5) is 0 Å². The van der Waals surface area contributed by atoms with E-state index in [0.29, 0.717) is 5.92 Å². The number of nitrogens with two attached hydrogens (primary N) is 1. The van der Waals surface area contributed by atoms with Crippen LogP contribution >= 0.6 is 0 Å². The molecule has 0 spiro atoms. The molecule has 1 aliphatic carbocycles. The van der Waals surface area contributed by atoms with Gasteiger partial charge in [0, 0.05) is 5.56 Å². The molecule has 0 amide bonds. The van der Waals surface area contributed by atoms with Crippen molar-refractivity contribution in [2.75, 3.05) is 7.11 Å². The van der Waals surface area contributed by atoms with Gasteiger partial charge in [-0.3, -0.25) is 0 Å². The minimum Gasteiger partial charge on any atom is -0.496 e. The summed E-state index contributed by atoms with van der Waals surface area (Å²) in [7, 11) is 1.72. The highest BCUT2D eigenvalue weighted by molar-refractivity contribution is 5.52. The van der Waals surface area contributed by atoms with Crippen LogP contribution in [0.3, 0.4) is 0 Å². The molecular formula is C19H23NO. The highest BCUT2D eigenvalue weighted by Gasteiger charge is 2.38. The Hall–Kier alpha value is -1.80. The lowest BCUT2D eigenvalue weighted by molar-refractivity contribution is 0.368. The predicted molar refractivity (Wildman–Crippen MR) is 86.8 cm³/mol. The molecule has 0 radical (unpaired) electrons. The molecule has 0 saturated heterocycles. The zero-order valence-electron chi connectivity index (χ0n) is 13.0. The van der Waals surface area contributed by atoms with Crippen molar-refractivity contribution in [1.29, 1.82) is 0 Å². The summed E-state index contributed by atoms with van der Waals surface area (Å²) >= 11 is 0. The van der Waals surface area contributed by atoms with Gasteiger partial charge < -0.3 is 10.5 Å². The lowest BCUT2D eigenvalue weighted by Gasteiger charge is -2.39. The van der Waals surface area contributed by atoms with Crippen LogP contribution in [0.2, 0.25) is 0 Å². The van der Waals surface area contributed by atoms with Gasteiger partial charge in [-0.15, -0.1) is 0 Å². The maximum Gasteiger partial charge on any atom is 0.124 e. The van der Waals surface area contributed by atoms with Crippen molar-refractivity contribution >= 4 is 0 Å². The van der Waals surface area contributed by atoms with E-state index in [1.807, 2.05) is 6.07 Å². The summed E-state index contributed by atoms with van der Waals surface area (Å²) < 4.78 is 5.58. The zero-order valence-corrected chi connectivity index (χ0v) is 13.0. The summed E-state index contributed by atoms with van der Waals surface area (Å²) in [6.45, 7) is 4.38. The Morgan fingerprint density at radius 3 is 2.67 bits per heavy atom. The summed E-state index contributed by atoms with van der Waals surface area (Å²) in [4.78, 5) is 0. The van der Waals surface area contributed by atoms with Crippen LogP contribution in [-0.4, -0.2) is 7.11 Å². The van der Waals surface area contributed by atoms with E-state index in [9.17, 15) is 0 Å². The van der Waals surface area contributed by atoms with Crippen LogP contribution in [0.15, 0.2) is 42.5 Å². The SMILES string of the molecule is COc1ccc(C)cc1C1(N)CCC(C)c2ccccc21. The Morgan fingerprint density at radius 2 is 1.90 bits per heavy atom. The van der Waals surface area contributed by atoms with E-state index in [1.54, 1.807) is 7.11 Å². The van der Waals surface area contributed by atoms with Gasteiger partial charge in [-0.2, -0.15) is 0 Å². The molecular weight excluding hydrogens is 258 g/mol. The average molecular weight is 281 g/mol. The standard InChI is InChI=1S/C19H23NO/c1-13-8-9-18(21-3)17(12-13)19(20)11-10-14(2)15-6-4-5-7-16(15)19/h4-9,12,14H,10-11,20H2,1-3H3. The van der Waals surface area contributed by atoms with E-state index in [2.05, 4.69) is 50.2 Å². The topological polar surface area (TPSA) is 35.2 Å². The molecule has 0 aromatic heterocycles. The molecule has 3 rings (SSSR count). The van der Waals surface area contributed by atoms with Crippen LogP contribution in [0, 0.1) is 6.92 Å².